The van der Waals surface area contributed by atoms with Crippen LogP contribution in [-0.2, 0) is 11.2 Å². The number of fused-ring (bicyclic) bond motifs is 1. The van der Waals surface area contributed by atoms with Crippen molar-refractivity contribution in [2.24, 2.45) is 0 Å². The van der Waals surface area contributed by atoms with Crippen LogP contribution in [0.5, 0.6) is 5.75 Å². The van der Waals surface area contributed by atoms with Crippen LogP contribution in [-0.4, -0.2) is 33.6 Å². The number of hydrogen-bond donors (Lipinski definition) is 3. The van der Waals surface area contributed by atoms with Gasteiger partial charge in [-0.2, -0.15) is 0 Å². The standard InChI is InChI=1S/C18H22N2O4/c1-2-3-4-5-6-12-7-8-14-13(9-12)10-15(21)17(20-14)18(24)19-11-16(22)23/h7-10,21H,2-6,11H2,1H3,(H,19,24)(H,22,23). The maximum Gasteiger partial charge on any atom is 0.322 e. The van der Waals surface area contributed by atoms with Gasteiger partial charge in [-0.25, -0.2) is 4.98 Å². The Morgan fingerprint density at radius 2 is 1.96 bits per heavy atom. The van der Waals surface area contributed by atoms with Crippen LogP contribution in [0.4, 0.5) is 0 Å². The summed E-state index contributed by atoms with van der Waals surface area (Å²) in [5.74, 6) is -2.12. The molecule has 1 aromatic carbocycles. The molecule has 1 amide bonds. The molecule has 0 aliphatic carbocycles. The fraction of sp³-hybridized carbons (Fsp3) is 0.389. The highest BCUT2D eigenvalue weighted by atomic mass is 16.4. The number of pyridine rings is 1. The van der Waals surface area contributed by atoms with Crippen LogP contribution >= 0.6 is 0 Å². The molecule has 24 heavy (non-hydrogen) atoms. The maximum atomic E-state index is 11.9. The van der Waals surface area contributed by atoms with E-state index in [4.69, 9.17) is 5.11 Å². The molecule has 2 aromatic rings. The van der Waals surface area contributed by atoms with Gasteiger partial charge >= 0.3 is 5.97 Å². The molecule has 0 aliphatic heterocycles. The van der Waals surface area contributed by atoms with Gasteiger partial charge in [0.2, 0.25) is 0 Å². The van der Waals surface area contributed by atoms with E-state index < -0.39 is 18.4 Å². The van der Waals surface area contributed by atoms with Crippen LogP contribution in [0.3, 0.4) is 0 Å². The molecule has 0 atom stereocenters. The summed E-state index contributed by atoms with van der Waals surface area (Å²) in [6, 6.07) is 7.25. The average Bonchev–Trinajstić information content (AvgIpc) is 2.55. The quantitative estimate of drug-likeness (QED) is 0.646. The Balaban J connectivity index is 2.16. The number of aromatic nitrogens is 1. The molecule has 6 heteroatoms. The van der Waals surface area contributed by atoms with E-state index in [-0.39, 0.29) is 11.4 Å². The summed E-state index contributed by atoms with van der Waals surface area (Å²) in [7, 11) is 0. The molecule has 6 nitrogen and oxygen atoms in total. The summed E-state index contributed by atoms with van der Waals surface area (Å²) in [6.07, 6.45) is 5.71. The van der Waals surface area contributed by atoms with E-state index >= 15 is 0 Å². The van der Waals surface area contributed by atoms with E-state index in [0.29, 0.717) is 5.52 Å². The van der Waals surface area contributed by atoms with Crippen molar-refractivity contribution < 1.29 is 19.8 Å². The van der Waals surface area contributed by atoms with E-state index in [0.717, 1.165) is 18.2 Å². The zero-order valence-electron chi connectivity index (χ0n) is 13.7. The molecule has 0 unspecified atom stereocenters. The third kappa shape index (κ3) is 4.68. The number of aryl methyl sites for hydroxylation is 1. The van der Waals surface area contributed by atoms with Crippen LogP contribution in [0.25, 0.3) is 10.9 Å². The van der Waals surface area contributed by atoms with Crippen LogP contribution in [0.15, 0.2) is 24.3 Å². The summed E-state index contributed by atoms with van der Waals surface area (Å²) in [6.45, 7) is 1.66. The molecule has 1 heterocycles. The number of amides is 1. The van der Waals surface area contributed by atoms with Gasteiger partial charge < -0.3 is 15.5 Å². The van der Waals surface area contributed by atoms with Gasteiger partial charge in [0.25, 0.3) is 5.91 Å². The summed E-state index contributed by atoms with van der Waals surface area (Å²) in [4.78, 5) is 26.5. The number of carboxylic acid groups (broad SMARTS) is 1. The molecular weight excluding hydrogens is 308 g/mol. The lowest BCUT2D eigenvalue weighted by molar-refractivity contribution is -0.135. The van der Waals surface area contributed by atoms with Gasteiger partial charge in [0.15, 0.2) is 5.69 Å². The lowest BCUT2D eigenvalue weighted by atomic mass is 10.0. The first-order chi connectivity index (χ1) is 11.5. The summed E-state index contributed by atoms with van der Waals surface area (Å²) >= 11 is 0. The van der Waals surface area contributed by atoms with Gasteiger partial charge in [-0.1, -0.05) is 32.3 Å². The van der Waals surface area contributed by atoms with Crippen molar-refractivity contribution >= 4 is 22.8 Å². The molecule has 0 bridgehead atoms. The number of carbonyl (C=O) groups is 2. The molecular formula is C18H22N2O4. The molecule has 0 spiro atoms. The smallest absolute Gasteiger partial charge is 0.322 e. The van der Waals surface area contributed by atoms with E-state index in [1.165, 1.54) is 30.9 Å². The average molecular weight is 330 g/mol. The molecule has 2 rings (SSSR count). The van der Waals surface area contributed by atoms with E-state index in [1.54, 1.807) is 0 Å². The SMILES string of the molecule is CCCCCCc1ccc2nc(C(=O)NCC(=O)O)c(O)cc2c1. The molecule has 128 valence electrons. The van der Waals surface area contributed by atoms with Crippen LogP contribution in [0.1, 0.15) is 48.7 Å². The zero-order valence-corrected chi connectivity index (χ0v) is 13.7. The highest BCUT2D eigenvalue weighted by molar-refractivity contribution is 5.99. The second-order valence-corrected chi connectivity index (χ2v) is 5.77. The van der Waals surface area contributed by atoms with Crippen molar-refractivity contribution in [2.45, 2.75) is 39.0 Å². The largest absolute Gasteiger partial charge is 0.505 e. The predicted molar refractivity (Wildman–Crippen MR) is 91.2 cm³/mol. The number of hydrogen-bond acceptors (Lipinski definition) is 4. The summed E-state index contributed by atoms with van der Waals surface area (Å²) in [5.41, 5.74) is 1.59. The van der Waals surface area contributed by atoms with Crippen LogP contribution < -0.4 is 5.32 Å². The summed E-state index contributed by atoms with van der Waals surface area (Å²) < 4.78 is 0. The first kappa shape index (κ1) is 17.7. The monoisotopic (exact) mass is 330 g/mol. The van der Waals surface area contributed by atoms with Crippen LogP contribution in [0.2, 0.25) is 0 Å². The van der Waals surface area contributed by atoms with Gasteiger partial charge in [0.05, 0.1) is 5.52 Å². The lowest BCUT2D eigenvalue weighted by Gasteiger charge is -2.08. The minimum atomic E-state index is -1.16. The number of aromatic hydroxyl groups is 1. The van der Waals surface area contributed by atoms with Gasteiger partial charge in [0, 0.05) is 5.39 Å². The number of aliphatic carboxylic acids is 1. The highest BCUT2D eigenvalue weighted by Crippen LogP contribution is 2.23. The molecule has 1 aromatic heterocycles. The summed E-state index contributed by atoms with van der Waals surface area (Å²) in [5, 5.41) is 21.6. The second kappa shape index (κ2) is 8.29. The molecule has 0 radical (unpaired) electrons. The Kier molecular flexibility index (Phi) is 6.12. The Hall–Kier alpha value is -2.63. The van der Waals surface area contributed by atoms with Crippen molar-refractivity contribution in [1.29, 1.82) is 0 Å². The molecule has 3 N–H and O–H groups in total. The Bertz CT molecular complexity index is 743. The first-order valence-corrected chi connectivity index (χ1v) is 8.14. The van der Waals surface area contributed by atoms with Gasteiger partial charge in [-0.3, -0.25) is 9.59 Å². The Morgan fingerprint density at radius 3 is 2.67 bits per heavy atom. The van der Waals surface area contributed by atoms with E-state index in [2.05, 4.69) is 17.2 Å². The number of benzene rings is 1. The number of carbonyl (C=O) groups excluding carboxylic acids is 1. The third-order valence-electron chi connectivity index (χ3n) is 3.79. The van der Waals surface area contributed by atoms with Crippen molar-refractivity contribution in [3.8, 4) is 5.75 Å². The minimum absolute atomic E-state index is 0.167. The van der Waals surface area contributed by atoms with Gasteiger partial charge in [-0.15, -0.1) is 0 Å². The molecule has 0 aliphatic rings. The van der Waals surface area contributed by atoms with Crippen molar-refractivity contribution in [1.82, 2.24) is 10.3 Å². The van der Waals surface area contributed by atoms with Crippen LogP contribution in [0, 0.1) is 0 Å². The number of nitrogens with one attached hydrogen (secondary N) is 1. The minimum Gasteiger partial charge on any atom is -0.505 e. The molecule has 0 fully saturated rings. The number of carboxylic acids is 1. The van der Waals surface area contributed by atoms with Crippen molar-refractivity contribution in [3.63, 3.8) is 0 Å². The van der Waals surface area contributed by atoms with Crippen molar-refractivity contribution in [3.05, 3.63) is 35.5 Å². The maximum absolute atomic E-state index is 11.9. The number of rotatable bonds is 8. The lowest BCUT2D eigenvalue weighted by Crippen LogP contribution is -2.29. The zero-order chi connectivity index (χ0) is 17.5. The van der Waals surface area contributed by atoms with E-state index in [9.17, 15) is 14.7 Å². The number of nitrogens with zero attached hydrogens (tertiary/aromatic N) is 1. The second-order valence-electron chi connectivity index (χ2n) is 5.77. The van der Waals surface area contributed by atoms with Gasteiger partial charge in [0.1, 0.15) is 12.3 Å². The molecule has 0 saturated carbocycles. The first-order valence-electron chi connectivity index (χ1n) is 8.14. The topological polar surface area (TPSA) is 99.5 Å². The predicted octanol–water partition coefficient (Wildman–Crippen LogP) is 2.88. The van der Waals surface area contributed by atoms with E-state index in [1.807, 2.05) is 18.2 Å². The van der Waals surface area contributed by atoms with Crippen molar-refractivity contribution in [2.75, 3.05) is 6.54 Å². The highest BCUT2D eigenvalue weighted by Gasteiger charge is 2.15. The fourth-order valence-electron chi connectivity index (χ4n) is 2.53. The Morgan fingerprint density at radius 1 is 1.17 bits per heavy atom. The Labute approximate surface area is 140 Å². The number of unbranched alkanes of at least 4 members (excludes halogenated alkanes) is 3. The third-order valence-corrected chi connectivity index (χ3v) is 3.79. The molecule has 0 saturated heterocycles. The normalized spacial score (nSPS) is 10.7. The fourth-order valence-corrected chi connectivity index (χ4v) is 2.53. The van der Waals surface area contributed by atoms with Gasteiger partial charge in [-0.05, 0) is 36.6 Å².